The van der Waals surface area contributed by atoms with Gasteiger partial charge in [-0.05, 0) is 25.0 Å². The predicted octanol–water partition coefficient (Wildman–Crippen LogP) is 3.31. The van der Waals surface area contributed by atoms with Gasteiger partial charge in [0.15, 0.2) is 5.43 Å². The average Bonchev–Trinajstić information content (AvgIpc) is 2.79. The first-order valence-corrected chi connectivity index (χ1v) is 8.16. The maximum Gasteiger partial charge on any atom is 0.189 e. The molecule has 1 fully saturated rings. The summed E-state index contributed by atoms with van der Waals surface area (Å²) in [6.07, 6.45) is 10.0. The molecule has 3 rings (SSSR count). The van der Waals surface area contributed by atoms with Crippen molar-refractivity contribution >= 4 is 10.9 Å². The van der Waals surface area contributed by atoms with Crippen LogP contribution in [-0.2, 0) is 6.54 Å². The summed E-state index contributed by atoms with van der Waals surface area (Å²) in [5, 5.41) is 4.50. The van der Waals surface area contributed by atoms with Crippen LogP contribution in [0.4, 0.5) is 0 Å². The van der Waals surface area contributed by atoms with Crippen molar-refractivity contribution in [3.8, 4) is 0 Å². The van der Waals surface area contributed by atoms with Crippen LogP contribution in [0, 0.1) is 0 Å². The van der Waals surface area contributed by atoms with Crippen molar-refractivity contribution in [2.75, 3.05) is 6.54 Å². The number of pyridine rings is 1. The Balaban J connectivity index is 1.65. The van der Waals surface area contributed by atoms with Crippen LogP contribution in [0.5, 0.6) is 0 Å². The lowest BCUT2D eigenvalue weighted by atomic mass is 10.1. The van der Waals surface area contributed by atoms with Crippen LogP contribution in [0.3, 0.4) is 0 Å². The van der Waals surface area contributed by atoms with E-state index in [-0.39, 0.29) is 5.43 Å². The molecule has 1 aliphatic rings. The molecule has 0 atom stereocenters. The second-order valence-electron chi connectivity index (χ2n) is 6.03. The predicted molar refractivity (Wildman–Crippen MR) is 87.7 cm³/mol. The number of para-hydroxylation sites is 1. The van der Waals surface area contributed by atoms with E-state index in [0.717, 1.165) is 24.0 Å². The first-order valence-electron chi connectivity index (χ1n) is 8.16. The molecule has 0 amide bonds. The largest absolute Gasteiger partial charge is 0.346 e. The topological polar surface area (TPSA) is 34.0 Å². The van der Waals surface area contributed by atoms with E-state index in [9.17, 15) is 4.79 Å². The zero-order valence-electron chi connectivity index (χ0n) is 12.6. The van der Waals surface area contributed by atoms with Gasteiger partial charge in [0.05, 0.1) is 5.52 Å². The Kier molecular flexibility index (Phi) is 4.71. The number of aromatic nitrogens is 1. The molecule has 112 valence electrons. The van der Waals surface area contributed by atoms with Crippen LogP contribution in [0.1, 0.15) is 38.5 Å². The van der Waals surface area contributed by atoms with E-state index in [2.05, 4.69) is 9.88 Å². The Morgan fingerprint density at radius 2 is 1.81 bits per heavy atom. The number of nitrogens with zero attached hydrogens (tertiary/aromatic N) is 1. The lowest BCUT2D eigenvalue weighted by Crippen LogP contribution is -2.31. The van der Waals surface area contributed by atoms with Gasteiger partial charge >= 0.3 is 0 Å². The van der Waals surface area contributed by atoms with Crippen LogP contribution in [-0.4, -0.2) is 17.2 Å². The zero-order chi connectivity index (χ0) is 14.5. The number of nitrogens with one attached hydrogen (secondary N) is 1. The number of fused-ring (bicyclic) bond motifs is 1. The van der Waals surface area contributed by atoms with Gasteiger partial charge in [-0.2, -0.15) is 0 Å². The van der Waals surface area contributed by atoms with E-state index in [0.29, 0.717) is 6.04 Å². The molecule has 1 aliphatic carbocycles. The molecule has 3 nitrogen and oxygen atoms in total. The smallest absolute Gasteiger partial charge is 0.189 e. The minimum atomic E-state index is 0.110. The van der Waals surface area contributed by atoms with Crippen molar-refractivity contribution in [1.29, 1.82) is 0 Å². The fourth-order valence-corrected chi connectivity index (χ4v) is 3.33. The average molecular weight is 284 g/mol. The number of rotatable bonds is 4. The van der Waals surface area contributed by atoms with Crippen LogP contribution < -0.4 is 10.7 Å². The van der Waals surface area contributed by atoms with Gasteiger partial charge < -0.3 is 9.88 Å². The molecule has 2 aromatic rings. The molecule has 0 spiro atoms. The van der Waals surface area contributed by atoms with Crippen molar-refractivity contribution < 1.29 is 0 Å². The van der Waals surface area contributed by atoms with Crippen LogP contribution >= 0.6 is 0 Å². The molecule has 3 heteroatoms. The van der Waals surface area contributed by atoms with Gasteiger partial charge in [-0.3, -0.25) is 4.79 Å². The Labute approximate surface area is 126 Å². The molecule has 0 unspecified atom stereocenters. The number of hydrogen-bond acceptors (Lipinski definition) is 2. The molecule has 21 heavy (non-hydrogen) atoms. The van der Waals surface area contributed by atoms with Gasteiger partial charge in [0.25, 0.3) is 0 Å². The molecule has 0 radical (unpaired) electrons. The Bertz CT molecular complexity index is 639. The molecule has 1 N–H and O–H groups in total. The Morgan fingerprint density at radius 3 is 2.62 bits per heavy atom. The summed E-state index contributed by atoms with van der Waals surface area (Å²) in [7, 11) is 0. The Morgan fingerprint density at radius 1 is 1.05 bits per heavy atom. The molecule has 1 aromatic heterocycles. The van der Waals surface area contributed by atoms with Gasteiger partial charge in [-0.1, -0.05) is 37.8 Å². The molecular weight excluding hydrogens is 260 g/mol. The molecule has 1 heterocycles. The van der Waals surface area contributed by atoms with E-state index < -0.39 is 0 Å². The second kappa shape index (κ2) is 6.90. The molecule has 1 saturated carbocycles. The molecule has 0 aliphatic heterocycles. The zero-order valence-corrected chi connectivity index (χ0v) is 12.6. The normalized spacial score (nSPS) is 17.0. The van der Waals surface area contributed by atoms with E-state index >= 15 is 0 Å². The lowest BCUT2D eigenvalue weighted by molar-refractivity contribution is 0.447. The Hall–Kier alpha value is -1.61. The van der Waals surface area contributed by atoms with Gasteiger partial charge in [0, 0.05) is 36.8 Å². The molecule has 1 aromatic carbocycles. The van der Waals surface area contributed by atoms with E-state index in [1.165, 1.54) is 38.5 Å². The second-order valence-corrected chi connectivity index (χ2v) is 6.03. The summed E-state index contributed by atoms with van der Waals surface area (Å²) in [5.41, 5.74) is 1.14. The molecular formula is C18H24N2O. The van der Waals surface area contributed by atoms with Crippen molar-refractivity contribution in [2.24, 2.45) is 0 Å². The quantitative estimate of drug-likeness (QED) is 0.874. The van der Waals surface area contributed by atoms with Crippen molar-refractivity contribution in [1.82, 2.24) is 9.88 Å². The van der Waals surface area contributed by atoms with Gasteiger partial charge in [-0.25, -0.2) is 0 Å². The van der Waals surface area contributed by atoms with Crippen LogP contribution in [0.25, 0.3) is 10.9 Å². The van der Waals surface area contributed by atoms with E-state index in [1.54, 1.807) is 6.07 Å². The van der Waals surface area contributed by atoms with Crippen molar-refractivity contribution in [3.63, 3.8) is 0 Å². The lowest BCUT2D eigenvalue weighted by Gasteiger charge is -2.17. The minimum absolute atomic E-state index is 0.110. The third-order valence-electron chi connectivity index (χ3n) is 4.53. The van der Waals surface area contributed by atoms with Gasteiger partial charge in [-0.15, -0.1) is 0 Å². The summed E-state index contributed by atoms with van der Waals surface area (Å²) in [6.45, 7) is 1.88. The first kappa shape index (κ1) is 14.3. The minimum Gasteiger partial charge on any atom is -0.346 e. The van der Waals surface area contributed by atoms with Gasteiger partial charge in [0.2, 0.25) is 0 Å². The maximum absolute atomic E-state index is 11.9. The summed E-state index contributed by atoms with van der Waals surface area (Å²) in [5.74, 6) is 0. The highest BCUT2D eigenvalue weighted by atomic mass is 16.1. The third-order valence-corrected chi connectivity index (χ3v) is 4.53. The number of hydrogen-bond donors (Lipinski definition) is 1. The fourth-order valence-electron chi connectivity index (χ4n) is 3.33. The SMILES string of the molecule is O=c1ccn(CCNC2CCCCCC2)c2ccccc12. The summed E-state index contributed by atoms with van der Waals surface area (Å²) in [6, 6.07) is 10.2. The fraction of sp³-hybridized carbons (Fsp3) is 0.500. The van der Waals surface area contributed by atoms with E-state index in [4.69, 9.17) is 0 Å². The first-order chi connectivity index (χ1) is 10.3. The van der Waals surface area contributed by atoms with Crippen LogP contribution in [0.15, 0.2) is 41.3 Å². The van der Waals surface area contributed by atoms with Crippen molar-refractivity contribution in [3.05, 3.63) is 46.8 Å². The van der Waals surface area contributed by atoms with Crippen LogP contribution in [0.2, 0.25) is 0 Å². The highest BCUT2D eigenvalue weighted by Gasteiger charge is 2.11. The highest BCUT2D eigenvalue weighted by Crippen LogP contribution is 2.17. The standard InChI is InChI=1S/C18H24N2O/c21-18-11-13-20(17-10-6-5-9-16(17)18)14-12-19-15-7-3-1-2-4-8-15/h5-6,9-11,13,15,19H,1-4,7-8,12,14H2. The summed E-state index contributed by atoms with van der Waals surface area (Å²) in [4.78, 5) is 11.9. The number of benzene rings is 1. The summed E-state index contributed by atoms with van der Waals surface area (Å²) < 4.78 is 2.18. The maximum atomic E-state index is 11.9. The van der Waals surface area contributed by atoms with Gasteiger partial charge in [0.1, 0.15) is 0 Å². The molecule has 0 saturated heterocycles. The van der Waals surface area contributed by atoms with E-state index in [1.807, 2.05) is 30.5 Å². The third kappa shape index (κ3) is 3.53. The highest BCUT2D eigenvalue weighted by molar-refractivity contribution is 5.78. The summed E-state index contributed by atoms with van der Waals surface area (Å²) >= 11 is 0. The molecule has 0 bridgehead atoms. The van der Waals surface area contributed by atoms with Crippen molar-refractivity contribution in [2.45, 2.75) is 51.1 Å². The monoisotopic (exact) mass is 284 g/mol.